The molecule has 0 bridgehead atoms. The molecule has 5 nitrogen and oxygen atoms in total. The average Bonchev–Trinajstić information content (AvgIpc) is 2.96. The molecule has 0 spiro atoms. The molecule has 94 valence electrons. The predicted molar refractivity (Wildman–Crippen MR) is 63.4 cm³/mol. The molecule has 1 aromatic heterocycles. The fraction of sp³-hybridized carbons (Fsp3) is 0.818. The number of aromatic nitrogens is 2. The summed E-state index contributed by atoms with van der Waals surface area (Å²) in [5, 5.41) is 8.13. The summed E-state index contributed by atoms with van der Waals surface area (Å²) in [5.41, 5.74) is 0. The number of fused-ring (bicyclic) bond motifs is 1. The summed E-state index contributed by atoms with van der Waals surface area (Å²) >= 11 is 5.66. The summed E-state index contributed by atoms with van der Waals surface area (Å²) in [4.78, 5) is 2.20. The van der Waals surface area contributed by atoms with Crippen molar-refractivity contribution in [2.75, 3.05) is 23.9 Å². The zero-order valence-electron chi connectivity index (χ0n) is 9.64. The summed E-state index contributed by atoms with van der Waals surface area (Å²) in [6, 6.07) is 1.04. The Balaban J connectivity index is 1.77. The smallest absolute Gasteiger partial charge is 0.318 e. The molecule has 2 aliphatic rings. The van der Waals surface area contributed by atoms with Crippen molar-refractivity contribution in [3.63, 3.8) is 0 Å². The van der Waals surface area contributed by atoms with Crippen molar-refractivity contribution in [1.82, 2.24) is 10.2 Å². The maximum absolute atomic E-state index is 5.76. The third-order valence-corrected chi connectivity index (χ3v) is 3.68. The second-order valence-corrected chi connectivity index (χ2v) is 4.90. The SMILES string of the molecule is ClCCc1nnc(N2CCOC3CCCC32)o1. The van der Waals surface area contributed by atoms with Gasteiger partial charge in [0, 0.05) is 18.8 Å². The summed E-state index contributed by atoms with van der Waals surface area (Å²) < 4.78 is 11.4. The van der Waals surface area contributed by atoms with E-state index in [4.69, 9.17) is 20.8 Å². The van der Waals surface area contributed by atoms with Gasteiger partial charge in [0.05, 0.1) is 18.8 Å². The first kappa shape index (κ1) is 11.3. The fourth-order valence-corrected chi connectivity index (χ4v) is 2.87. The van der Waals surface area contributed by atoms with Gasteiger partial charge in [-0.2, -0.15) is 0 Å². The van der Waals surface area contributed by atoms with Crippen molar-refractivity contribution in [1.29, 1.82) is 0 Å². The molecule has 6 heteroatoms. The number of alkyl halides is 1. The number of anilines is 1. The number of rotatable bonds is 3. The Labute approximate surface area is 105 Å². The zero-order chi connectivity index (χ0) is 11.7. The molecule has 2 atom stereocenters. The van der Waals surface area contributed by atoms with E-state index in [9.17, 15) is 0 Å². The molecular formula is C11H16ClN3O2. The lowest BCUT2D eigenvalue weighted by Crippen LogP contribution is -2.48. The van der Waals surface area contributed by atoms with E-state index >= 15 is 0 Å². The van der Waals surface area contributed by atoms with E-state index in [1.54, 1.807) is 0 Å². The van der Waals surface area contributed by atoms with Crippen molar-refractivity contribution in [2.45, 2.75) is 37.8 Å². The Hall–Kier alpha value is -0.810. The van der Waals surface area contributed by atoms with E-state index in [1.807, 2.05) is 0 Å². The van der Waals surface area contributed by atoms with Gasteiger partial charge < -0.3 is 14.1 Å². The van der Waals surface area contributed by atoms with Crippen LogP contribution in [0, 0.1) is 0 Å². The molecule has 1 saturated carbocycles. The van der Waals surface area contributed by atoms with E-state index in [0.717, 1.165) is 26.0 Å². The highest BCUT2D eigenvalue weighted by atomic mass is 35.5. The number of ether oxygens (including phenoxy) is 1. The normalized spacial score (nSPS) is 28.4. The third kappa shape index (κ3) is 2.13. The quantitative estimate of drug-likeness (QED) is 0.770. The molecule has 0 N–H and O–H groups in total. The second-order valence-electron chi connectivity index (χ2n) is 4.52. The van der Waals surface area contributed by atoms with Crippen molar-refractivity contribution in [3.05, 3.63) is 5.89 Å². The molecule has 0 amide bonds. The highest BCUT2D eigenvalue weighted by Crippen LogP contribution is 2.32. The van der Waals surface area contributed by atoms with Crippen molar-refractivity contribution in [2.24, 2.45) is 0 Å². The second kappa shape index (κ2) is 4.82. The molecule has 2 unspecified atom stereocenters. The van der Waals surface area contributed by atoms with Gasteiger partial charge >= 0.3 is 6.01 Å². The lowest BCUT2D eigenvalue weighted by atomic mass is 10.1. The van der Waals surface area contributed by atoms with Crippen molar-refractivity contribution < 1.29 is 9.15 Å². The summed E-state index contributed by atoms with van der Waals surface area (Å²) in [7, 11) is 0. The minimum Gasteiger partial charge on any atom is -0.408 e. The molecule has 1 aliphatic carbocycles. The first-order valence-electron chi connectivity index (χ1n) is 6.15. The van der Waals surface area contributed by atoms with Crippen LogP contribution in [-0.2, 0) is 11.2 Å². The van der Waals surface area contributed by atoms with Crippen LogP contribution in [0.3, 0.4) is 0 Å². The van der Waals surface area contributed by atoms with E-state index in [2.05, 4.69) is 15.1 Å². The Kier molecular flexibility index (Phi) is 3.20. The first-order valence-corrected chi connectivity index (χ1v) is 6.68. The summed E-state index contributed by atoms with van der Waals surface area (Å²) in [5.74, 6) is 1.13. The van der Waals surface area contributed by atoms with Crippen LogP contribution < -0.4 is 4.90 Å². The lowest BCUT2D eigenvalue weighted by Gasteiger charge is -2.36. The number of morpholine rings is 1. The molecule has 17 heavy (non-hydrogen) atoms. The molecule has 2 heterocycles. The van der Waals surface area contributed by atoms with E-state index in [1.165, 1.54) is 6.42 Å². The van der Waals surface area contributed by atoms with Crippen LogP contribution in [0.25, 0.3) is 0 Å². The largest absolute Gasteiger partial charge is 0.408 e. The monoisotopic (exact) mass is 257 g/mol. The van der Waals surface area contributed by atoms with E-state index < -0.39 is 0 Å². The van der Waals surface area contributed by atoms with Crippen molar-refractivity contribution in [3.8, 4) is 0 Å². The molecule has 0 aromatic carbocycles. The minimum absolute atomic E-state index is 0.340. The van der Waals surface area contributed by atoms with Gasteiger partial charge in [-0.25, -0.2) is 0 Å². The van der Waals surface area contributed by atoms with Crippen LogP contribution in [0.5, 0.6) is 0 Å². The van der Waals surface area contributed by atoms with Crippen LogP contribution in [0.1, 0.15) is 25.2 Å². The third-order valence-electron chi connectivity index (χ3n) is 3.49. The maximum atomic E-state index is 5.76. The van der Waals surface area contributed by atoms with Gasteiger partial charge in [0.1, 0.15) is 0 Å². The van der Waals surface area contributed by atoms with Crippen molar-refractivity contribution >= 4 is 17.6 Å². The highest BCUT2D eigenvalue weighted by Gasteiger charge is 2.38. The predicted octanol–water partition coefficient (Wildman–Crippen LogP) is 1.61. The van der Waals surface area contributed by atoms with Crippen LogP contribution in [0.4, 0.5) is 6.01 Å². The van der Waals surface area contributed by atoms with Gasteiger partial charge in [-0.15, -0.1) is 16.7 Å². The highest BCUT2D eigenvalue weighted by molar-refractivity contribution is 6.17. The molecular weight excluding hydrogens is 242 g/mol. The van der Waals surface area contributed by atoms with Crippen LogP contribution >= 0.6 is 11.6 Å². The van der Waals surface area contributed by atoms with E-state index in [0.29, 0.717) is 36.4 Å². The lowest BCUT2D eigenvalue weighted by molar-refractivity contribution is 0.0235. The number of hydrogen-bond acceptors (Lipinski definition) is 5. The number of halogens is 1. The maximum Gasteiger partial charge on any atom is 0.318 e. The molecule has 3 rings (SSSR count). The van der Waals surface area contributed by atoms with Crippen LogP contribution in [0.2, 0.25) is 0 Å². The minimum atomic E-state index is 0.340. The molecule has 1 saturated heterocycles. The van der Waals surface area contributed by atoms with Gasteiger partial charge in [0.25, 0.3) is 0 Å². The van der Waals surface area contributed by atoms with Crippen LogP contribution in [0.15, 0.2) is 4.42 Å². The molecule has 1 aliphatic heterocycles. The Morgan fingerprint density at radius 2 is 2.29 bits per heavy atom. The summed E-state index contributed by atoms with van der Waals surface area (Å²) in [6.07, 6.45) is 4.48. The average molecular weight is 258 g/mol. The van der Waals surface area contributed by atoms with Gasteiger partial charge in [-0.05, 0) is 19.3 Å². The molecule has 2 fully saturated rings. The Bertz CT molecular complexity index is 385. The standard InChI is InChI=1S/C11H16ClN3O2/c12-5-4-10-13-14-11(17-10)15-6-7-16-9-3-1-2-8(9)15/h8-9H,1-7H2. The van der Waals surface area contributed by atoms with Gasteiger partial charge in [-0.1, -0.05) is 5.10 Å². The number of aryl methyl sites for hydroxylation is 1. The molecule has 1 aromatic rings. The zero-order valence-corrected chi connectivity index (χ0v) is 10.4. The van der Waals surface area contributed by atoms with Crippen LogP contribution in [-0.4, -0.2) is 41.4 Å². The van der Waals surface area contributed by atoms with E-state index in [-0.39, 0.29) is 0 Å². The number of hydrogen-bond donors (Lipinski definition) is 0. The van der Waals surface area contributed by atoms with Gasteiger partial charge in [0.2, 0.25) is 5.89 Å². The topological polar surface area (TPSA) is 51.4 Å². The van der Waals surface area contributed by atoms with Gasteiger partial charge in [0.15, 0.2) is 0 Å². The first-order chi connectivity index (χ1) is 8.38. The summed E-state index contributed by atoms with van der Waals surface area (Å²) in [6.45, 7) is 1.58. The van der Waals surface area contributed by atoms with Gasteiger partial charge in [-0.3, -0.25) is 0 Å². The molecule has 0 radical (unpaired) electrons. The number of nitrogens with zero attached hydrogens (tertiary/aromatic N) is 3. The Morgan fingerprint density at radius 3 is 3.18 bits per heavy atom. The Morgan fingerprint density at radius 1 is 1.35 bits per heavy atom. The fourth-order valence-electron chi connectivity index (χ4n) is 2.71.